The molecular weight excluding hydrogens is 172 g/mol. The molecule has 0 aromatic heterocycles. The number of rotatable bonds is 4. The highest BCUT2D eigenvalue weighted by atomic mass is 16.5. The first-order valence-corrected chi connectivity index (χ1v) is 4.61. The number of methoxy groups -OCH3 is 1. The minimum atomic E-state index is 0.0594. The summed E-state index contributed by atoms with van der Waals surface area (Å²) in [7, 11) is 1.70. The molecule has 0 N–H and O–H groups in total. The van der Waals surface area contributed by atoms with Crippen molar-refractivity contribution in [2.24, 2.45) is 5.92 Å². The molecule has 0 aromatic carbocycles. The number of ether oxygens (including phenoxy) is 1. The third-order valence-corrected chi connectivity index (χ3v) is 2.41. The van der Waals surface area contributed by atoms with E-state index in [-0.39, 0.29) is 12.0 Å². The van der Waals surface area contributed by atoms with E-state index in [4.69, 9.17) is 4.74 Å². The minimum absolute atomic E-state index is 0.0594. The summed E-state index contributed by atoms with van der Waals surface area (Å²) in [4.78, 5) is 0. The second-order valence-corrected chi connectivity index (χ2v) is 3.17. The van der Waals surface area contributed by atoms with Crippen molar-refractivity contribution < 1.29 is 4.74 Å². The Hall–Kier alpha value is -1.34. The lowest BCUT2D eigenvalue weighted by atomic mass is 9.88. The van der Waals surface area contributed by atoms with E-state index in [9.17, 15) is 0 Å². The molecule has 0 spiro atoms. The number of hydrogen-bond acceptors (Lipinski definition) is 1. The van der Waals surface area contributed by atoms with Crippen LogP contribution in [0.3, 0.4) is 0 Å². The predicted molar refractivity (Wildman–Crippen MR) is 61.0 cm³/mol. The molecular formula is C13H16O. The molecule has 0 fully saturated rings. The van der Waals surface area contributed by atoms with Crippen LogP contribution in [0.25, 0.3) is 0 Å². The summed E-state index contributed by atoms with van der Waals surface area (Å²) in [6.45, 7) is 11.3. The van der Waals surface area contributed by atoms with E-state index < -0.39 is 0 Å². The van der Waals surface area contributed by atoms with Crippen molar-refractivity contribution in [2.45, 2.75) is 6.10 Å². The van der Waals surface area contributed by atoms with Crippen molar-refractivity contribution in [1.29, 1.82) is 0 Å². The quantitative estimate of drug-likeness (QED) is 0.616. The Morgan fingerprint density at radius 1 is 1.14 bits per heavy atom. The molecule has 2 atom stereocenters. The maximum atomic E-state index is 5.35. The Bertz CT molecular complexity index is 307. The van der Waals surface area contributed by atoms with Crippen LogP contribution in [0.15, 0.2) is 61.3 Å². The van der Waals surface area contributed by atoms with E-state index in [1.54, 1.807) is 7.11 Å². The molecule has 0 heterocycles. The maximum Gasteiger partial charge on any atom is 0.0858 e. The Kier molecular flexibility index (Phi) is 3.66. The van der Waals surface area contributed by atoms with E-state index in [0.717, 1.165) is 11.1 Å². The van der Waals surface area contributed by atoms with Gasteiger partial charge in [0, 0.05) is 13.0 Å². The van der Waals surface area contributed by atoms with Gasteiger partial charge in [0.1, 0.15) is 0 Å². The van der Waals surface area contributed by atoms with E-state index >= 15 is 0 Å². The molecule has 1 nitrogen and oxygen atoms in total. The number of allylic oxidation sites excluding steroid dienone is 4. The van der Waals surface area contributed by atoms with Crippen LogP contribution in [0.4, 0.5) is 0 Å². The molecule has 0 amide bonds. The second-order valence-electron chi connectivity index (χ2n) is 3.17. The van der Waals surface area contributed by atoms with Crippen molar-refractivity contribution in [3.05, 3.63) is 61.3 Å². The third-order valence-electron chi connectivity index (χ3n) is 2.41. The highest BCUT2D eigenvalue weighted by Crippen LogP contribution is 2.26. The average molecular weight is 188 g/mol. The molecule has 0 bridgehead atoms. The number of hydrogen-bond donors (Lipinski definition) is 0. The molecule has 1 rings (SSSR count). The van der Waals surface area contributed by atoms with Gasteiger partial charge in [-0.1, -0.05) is 37.5 Å². The summed E-state index contributed by atoms with van der Waals surface area (Å²) in [5.74, 6) is 0.219. The molecule has 1 aliphatic rings. The molecule has 0 radical (unpaired) electrons. The van der Waals surface area contributed by atoms with Crippen molar-refractivity contribution in [1.82, 2.24) is 0 Å². The Labute approximate surface area is 85.8 Å². The van der Waals surface area contributed by atoms with Crippen LogP contribution in [-0.4, -0.2) is 13.2 Å². The Morgan fingerprint density at radius 2 is 1.71 bits per heavy atom. The van der Waals surface area contributed by atoms with E-state index in [1.807, 2.05) is 18.2 Å². The molecule has 0 saturated carbocycles. The molecule has 0 saturated heterocycles. The zero-order valence-corrected chi connectivity index (χ0v) is 8.57. The zero-order valence-electron chi connectivity index (χ0n) is 8.57. The summed E-state index contributed by atoms with van der Waals surface area (Å²) in [5, 5.41) is 0. The highest BCUT2D eigenvalue weighted by molar-refractivity contribution is 5.49. The van der Waals surface area contributed by atoms with Crippen LogP contribution in [-0.2, 0) is 4.74 Å². The van der Waals surface area contributed by atoms with Gasteiger partial charge < -0.3 is 4.74 Å². The summed E-state index contributed by atoms with van der Waals surface area (Å²) >= 11 is 0. The smallest absolute Gasteiger partial charge is 0.0858 e. The fourth-order valence-electron chi connectivity index (χ4n) is 1.58. The van der Waals surface area contributed by atoms with Crippen LogP contribution in [0.1, 0.15) is 0 Å². The van der Waals surface area contributed by atoms with E-state index in [1.165, 1.54) is 0 Å². The summed E-state index contributed by atoms with van der Waals surface area (Å²) in [6, 6.07) is 0. The zero-order chi connectivity index (χ0) is 10.6. The summed E-state index contributed by atoms with van der Waals surface area (Å²) < 4.78 is 5.35. The van der Waals surface area contributed by atoms with Gasteiger partial charge in [-0.3, -0.25) is 0 Å². The van der Waals surface area contributed by atoms with Crippen molar-refractivity contribution >= 4 is 0 Å². The van der Waals surface area contributed by atoms with Crippen LogP contribution in [0.2, 0.25) is 0 Å². The maximum absolute atomic E-state index is 5.35. The van der Waals surface area contributed by atoms with Gasteiger partial charge in [0.15, 0.2) is 0 Å². The lowest BCUT2D eigenvalue weighted by Gasteiger charge is -2.24. The predicted octanol–water partition coefficient (Wildman–Crippen LogP) is 3.04. The van der Waals surface area contributed by atoms with E-state index in [0.29, 0.717) is 0 Å². The summed E-state index contributed by atoms with van der Waals surface area (Å²) in [6.07, 6.45) is 9.74. The molecule has 2 unspecified atom stereocenters. The Balaban J connectivity index is 3.04. The molecule has 1 aliphatic carbocycles. The molecule has 74 valence electrons. The van der Waals surface area contributed by atoms with Gasteiger partial charge in [0.05, 0.1) is 6.10 Å². The van der Waals surface area contributed by atoms with Gasteiger partial charge >= 0.3 is 0 Å². The monoisotopic (exact) mass is 188 g/mol. The third kappa shape index (κ3) is 1.94. The summed E-state index contributed by atoms with van der Waals surface area (Å²) in [5.41, 5.74) is 2.17. The second kappa shape index (κ2) is 4.77. The lowest BCUT2D eigenvalue weighted by Crippen LogP contribution is -2.21. The topological polar surface area (TPSA) is 9.23 Å². The highest BCUT2D eigenvalue weighted by Gasteiger charge is 2.19. The first kappa shape index (κ1) is 10.7. The van der Waals surface area contributed by atoms with Gasteiger partial charge in [-0.15, -0.1) is 6.58 Å². The SMILES string of the molecule is C=CC1=CC(C=C)C(OC)C=C1C=C. The van der Waals surface area contributed by atoms with Crippen molar-refractivity contribution in [3.63, 3.8) is 0 Å². The Morgan fingerprint density at radius 3 is 2.14 bits per heavy atom. The average Bonchev–Trinajstić information content (AvgIpc) is 2.26. The standard InChI is InChI=1S/C13H16O/c1-5-10-8-12(7-3)13(14-4)9-11(10)6-2/h5-9,12-13H,1-3H2,4H3. The van der Waals surface area contributed by atoms with Gasteiger partial charge in [-0.05, 0) is 17.2 Å². The van der Waals surface area contributed by atoms with Crippen LogP contribution < -0.4 is 0 Å². The molecule has 0 aromatic rings. The fourth-order valence-corrected chi connectivity index (χ4v) is 1.58. The van der Waals surface area contributed by atoms with Crippen LogP contribution >= 0.6 is 0 Å². The van der Waals surface area contributed by atoms with Gasteiger partial charge in [-0.2, -0.15) is 0 Å². The van der Waals surface area contributed by atoms with Crippen LogP contribution in [0, 0.1) is 5.92 Å². The lowest BCUT2D eigenvalue weighted by molar-refractivity contribution is 0.119. The largest absolute Gasteiger partial charge is 0.376 e. The van der Waals surface area contributed by atoms with Gasteiger partial charge in [-0.25, -0.2) is 0 Å². The van der Waals surface area contributed by atoms with Crippen molar-refractivity contribution in [2.75, 3.05) is 7.11 Å². The van der Waals surface area contributed by atoms with Crippen LogP contribution in [0.5, 0.6) is 0 Å². The first-order valence-electron chi connectivity index (χ1n) is 4.61. The molecule has 1 heteroatoms. The van der Waals surface area contributed by atoms with E-state index in [2.05, 4.69) is 31.9 Å². The van der Waals surface area contributed by atoms with Crippen molar-refractivity contribution in [3.8, 4) is 0 Å². The fraction of sp³-hybridized carbons (Fsp3) is 0.231. The minimum Gasteiger partial charge on any atom is -0.376 e. The normalized spacial score (nSPS) is 26.1. The van der Waals surface area contributed by atoms with Gasteiger partial charge in [0.2, 0.25) is 0 Å². The molecule has 0 aliphatic heterocycles. The first-order chi connectivity index (χ1) is 6.76. The molecule has 14 heavy (non-hydrogen) atoms. The van der Waals surface area contributed by atoms with Gasteiger partial charge in [0.25, 0.3) is 0 Å².